The normalized spacial score (nSPS) is 41.7. The first-order chi connectivity index (χ1) is 20.0. The maximum atomic E-state index is 9.93. The SMILES string of the molecule is OC1CCC(COCC(COCC2CCC(O)CC2)(COCC2CCC3OC3C2)COCC2CCC3OC3C2)CC1. The largest absolute Gasteiger partial charge is 0.393 e. The Morgan fingerprint density at radius 2 is 0.780 bits per heavy atom. The molecule has 2 saturated heterocycles. The monoisotopic (exact) mass is 580 g/mol. The second-order valence-electron chi connectivity index (χ2n) is 14.7. The summed E-state index contributed by atoms with van der Waals surface area (Å²) in [5.41, 5.74) is -0.358. The third-order valence-corrected chi connectivity index (χ3v) is 10.9. The Labute approximate surface area is 247 Å². The molecule has 4 saturated carbocycles. The van der Waals surface area contributed by atoms with E-state index in [1.54, 1.807) is 0 Å². The standard InChI is InChI=1S/C33H56O8/c34-27-7-1-23(2-8-27)15-36-19-33(20-37-16-24-3-9-28(35)10-4-24,21-38-17-25-5-11-29-31(13-25)40-29)22-39-18-26-6-12-30-32(14-26)41-30/h23-32,34-35H,1-22H2. The fourth-order valence-corrected chi connectivity index (χ4v) is 7.92. The summed E-state index contributed by atoms with van der Waals surface area (Å²) in [5, 5.41) is 19.9. The summed E-state index contributed by atoms with van der Waals surface area (Å²) in [7, 11) is 0. The summed E-state index contributed by atoms with van der Waals surface area (Å²) in [5.74, 6) is 2.15. The summed E-state index contributed by atoms with van der Waals surface area (Å²) in [6.07, 6.45) is 16.2. The van der Waals surface area contributed by atoms with Gasteiger partial charge in [-0.1, -0.05) is 0 Å². The topological polar surface area (TPSA) is 102 Å². The van der Waals surface area contributed by atoms with Crippen LogP contribution in [-0.2, 0) is 28.4 Å². The Bertz CT molecular complexity index is 715. The molecule has 2 N–H and O–H groups in total. The van der Waals surface area contributed by atoms with E-state index >= 15 is 0 Å². The fraction of sp³-hybridized carbons (Fsp3) is 1.00. The van der Waals surface area contributed by atoms with E-state index in [4.69, 9.17) is 28.4 Å². The van der Waals surface area contributed by atoms with Crippen LogP contribution in [0.1, 0.15) is 89.9 Å². The van der Waals surface area contributed by atoms with Gasteiger partial charge >= 0.3 is 0 Å². The second-order valence-corrected chi connectivity index (χ2v) is 14.7. The molecule has 2 heterocycles. The number of aliphatic hydroxyl groups is 2. The van der Waals surface area contributed by atoms with Gasteiger partial charge < -0.3 is 38.6 Å². The second kappa shape index (κ2) is 14.6. The van der Waals surface area contributed by atoms with Gasteiger partial charge in [0.05, 0.1) is 68.5 Å². The molecule has 236 valence electrons. The van der Waals surface area contributed by atoms with Gasteiger partial charge in [0.1, 0.15) is 0 Å². The van der Waals surface area contributed by atoms with Gasteiger partial charge in [0.2, 0.25) is 0 Å². The minimum atomic E-state index is -0.358. The highest BCUT2D eigenvalue weighted by Crippen LogP contribution is 2.41. The van der Waals surface area contributed by atoms with Crippen molar-refractivity contribution in [2.24, 2.45) is 29.1 Å². The molecule has 8 heteroatoms. The Balaban J connectivity index is 1.04. The number of epoxide rings is 2. The highest BCUT2D eigenvalue weighted by atomic mass is 16.6. The summed E-state index contributed by atoms with van der Waals surface area (Å²) >= 11 is 0. The summed E-state index contributed by atoms with van der Waals surface area (Å²) < 4.78 is 37.5. The molecule has 6 rings (SSSR count). The van der Waals surface area contributed by atoms with Gasteiger partial charge in [-0.05, 0) is 114 Å². The van der Waals surface area contributed by atoms with Gasteiger partial charge in [0, 0.05) is 26.4 Å². The molecule has 0 aromatic rings. The van der Waals surface area contributed by atoms with E-state index in [1.165, 1.54) is 12.8 Å². The van der Waals surface area contributed by atoms with Gasteiger partial charge in [-0.3, -0.25) is 0 Å². The van der Waals surface area contributed by atoms with Crippen LogP contribution in [0.3, 0.4) is 0 Å². The average molecular weight is 581 g/mol. The predicted octanol–water partition coefficient (Wildman–Crippen LogP) is 4.28. The van der Waals surface area contributed by atoms with Gasteiger partial charge in [0.25, 0.3) is 0 Å². The Morgan fingerprint density at radius 3 is 1.15 bits per heavy atom. The molecule has 0 aromatic carbocycles. The van der Waals surface area contributed by atoms with Gasteiger partial charge in [-0.2, -0.15) is 0 Å². The van der Waals surface area contributed by atoms with Crippen LogP contribution in [0.15, 0.2) is 0 Å². The van der Waals surface area contributed by atoms with Crippen molar-refractivity contribution in [3.05, 3.63) is 0 Å². The van der Waals surface area contributed by atoms with Crippen LogP contribution >= 0.6 is 0 Å². The van der Waals surface area contributed by atoms with Crippen LogP contribution < -0.4 is 0 Å². The Hall–Kier alpha value is -0.320. The lowest BCUT2D eigenvalue weighted by atomic mass is 9.87. The third-order valence-electron chi connectivity index (χ3n) is 10.9. The van der Waals surface area contributed by atoms with Gasteiger partial charge in [-0.15, -0.1) is 0 Å². The zero-order chi connectivity index (χ0) is 28.1. The molecule has 0 bridgehead atoms. The van der Waals surface area contributed by atoms with E-state index in [0.29, 0.717) is 74.5 Å². The zero-order valence-corrected chi connectivity index (χ0v) is 25.2. The number of aliphatic hydroxyl groups excluding tert-OH is 2. The van der Waals surface area contributed by atoms with Crippen molar-refractivity contribution in [1.29, 1.82) is 0 Å². The van der Waals surface area contributed by atoms with Gasteiger partial charge in [-0.25, -0.2) is 0 Å². The quantitative estimate of drug-likeness (QED) is 0.261. The van der Waals surface area contributed by atoms with Crippen molar-refractivity contribution >= 4 is 0 Å². The molecular weight excluding hydrogens is 524 g/mol. The number of hydrogen-bond acceptors (Lipinski definition) is 8. The van der Waals surface area contributed by atoms with E-state index in [-0.39, 0.29) is 17.6 Å². The minimum Gasteiger partial charge on any atom is -0.393 e. The Kier molecular flexibility index (Phi) is 11.0. The van der Waals surface area contributed by atoms with Crippen molar-refractivity contribution in [3.63, 3.8) is 0 Å². The van der Waals surface area contributed by atoms with Crippen LogP contribution in [-0.4, -0.2) is 99.7 Å². The van der Waals surface area contributed by atoms with Crippen molar-refractivity contribution in [2.45, 2.75) is 127 Å². The van der Waals surface area contributed by atoms with Crippen LogP contribution in [0.4, 0.5) is 0 Å². The molecule has 41 heavy (non-hydrogen) atoms. The first kappa shape index (κ1) is 30.7. The molecule has 0 amide bonds. The Morgan fingerprint density at radius 1 is 0.439 bits per heavy atom. The van der Waals surface area contributed by atoms with Crippen molar-refractivity contribution in [2.75, 3.05) is 52.9 Å². The van der Waals surface area contributed by atoms with Gasteiger partial charge in [0.15, 0.2) is 0 Å². The summed E-state index contributed by atoms with van der Waals surface area (Å²) in [6.45, 7) is 5.24. The summed E-state index contributed by atoms with van der Waals surface area (Å²) in [6, 6.07) is 0. The van der Waals surface area contributed by atoms with Crippen LogP contribution in [0.25, 0.3) is 0 Å². The molecular formula is C33H56O8. The van der Waals surface area contributed by atoms with Crippen molar-refractivity contribution in [3.8, 4) is 0 Å². The number of fused-ring (bicyclic) bond motifs is 2. The van der Waals surface area contributed by atoms with Crippen LogP contribution in [0.5, 0.6) is 0 Å². The van der Waals surface area contributed by atoms with Crippen molar-refractivity contribution < 1.29 is 38.6 Å². The highest BCUT2D eigenvalue weighted by molar-refractivity contribution is 4.93. The molecule has 8 nitrogen and oxygen atoms in total. The molecule has 2 aliphatic heterocycles. The molecule has 0 spiro atoms. The lowest BCUT2D eigenvalue weighted by molar-refractivity contribution is -0.122. The third kappa shape index (κ3) is 9.34. The molecule has 4 aliphatic carbocycles. The molecule has 6 fully saturated rings. The first-order valence-electron chi connectivity index (χ1n) is 17.0. The van der Waals surface area contributed by atoms with Crippen LogP contribution in [0.2, 0.25) is 0 Å². The molecule has 0 aromatic heterocycles. The predicted molar refractivity (Wildman–Crippen MR) is 154 cm³/mol. The molecule has 6 atom stereocenters. The maximum absolute atomic E-state index is 9.93. The van der Waals surface area contributed by atoms with Crippen LogP contribution in [0, 0.1) is 29.1 Å². The molecule has 6 aliphatic rings. The maximum Gasteiger partial charge on any atom is 0.0845 e. The molecule has 6 unspecified atom stereocenters. The minimum absolute atomic E-state index is 0.145. The fourth-order valence-electron chi connectivity index (χ4n) is 7.92. The number of ether oxygens (including phenoxy) is 6. The number of rotatable bonds is 16. The molecule has 0 radical (unpaired) electrons. The van der Waals surface area contributed by atoms with E-state index in [1.807, 2.05) is 0 Å². The smallest absolute Gasteiger partial charge is 0.0845 e. The van der Waals surface area contributed by atoms with Crippen molar-refractivity contribution in [1.82, 2.24) is 0 Å². The van der Waals surface area contributed by atoms with E-state index in [2.05, 4.69) is 0 Å². The van der Waals surface area contributed by atoms with E-state index < -0.39 is 0 Å². The highest BCUT2D eigenvalue weighted by Gasteiger charge is 2.45. The van der Waals surface area contributed by atoms with E-state index in [9.17, 15) is 10.2 Å². The lowest BCUT2D eigenvalue weighted by Crippen LogP contribution is -2.43. The lowest BCUT2D eigenvalue weighted by Gasteiger charge is -2.36. The average Bonchev–Trinajstić information content (AvgIpc) is 3.90. The van der Waals surface area contributed by atoms with E-state index in [0.717, 1.165) is 103 Å². The first-order valence-corrected chi connectivity index (χ1v) is 17.0. The number of hydrogen-bond donors (Lipinski definition) is 2. The zero-order valence-electron chi connectivity index (χ0n) is 25.2. The summed E-state index contributed by atoms with van der Waals surface area (Å²) in [4.78, 5) is 0.